The normalized spacial score (nSPS) is 35.5. The number of carbonyl (C=O) groups is 2. The molecule has 5 fully saturated rings. The smallest absolute Gasteiger partial charge is 0.465 e. The fourth-order valence-electron chi connectivity index (χ4n) is 7.11. The minimum absolute atomic E-state index is 0.106. The second-order valence-corrected chi connectivity index (χ2v) is 10.9. The molecular weight excluding hydrogens is 394 g/mol. The fraction of sp³-hybridized carbons (Fsp3) is 0.880. The first-order chi connectivity index (χ1) is 14.9. The zero-order valence-corrected chi connectivity index (χ0v) is 19.2. The van der Waals surface area contributed by atoms with Gasteiger partial charge in [0.05, 0.1) is 19.6 Å². The molecule has 5 aliphatic rings. The van der Waals surface area contributed by atoms with Crippen LogP contribution >= 0.6 is 0 Å². The molecule has 0 aromatic heterocycles. The number of hydrogen-bond acceptors (Lipinski definition) is 6. The molecule has 2 atom stereocenters. The van der Waals surface area contributed by atoms with Crippen molar-refractivity contribution in [2.24, 2.45) is 35.0 Å². The van der Waals surface area contributed by atoms with Gasteiger partial charge in [-0.05, 0) is 94.5 Å². The summed E-state index contributed by atoms with van der Waals surface area (Å²) in [6.45, 7) is 9.95. The van der Waals surface area contributed by atoms with E-state index in [0.29, 0.717) is 18.9 Å². The van der Waals surface area contributed by atoms with Crippen molar-refractivity contribution in [3.05, 3.63) is 6.92 Å². The Balaban J connectivity index is 1.09. The minimum atomic E-state index is -0.651. The monoisotopic (exact) mass is 434 g/mol. The number of piperidine rings is 1. The molecule has 1 heterocycles. The van der Waals surface area contributed by atoms with Crippen molar-refractivity contribution in [2.45, 2.75) is 64.7 Å². The van der Waals surface area contributed by atoms with Crippen molar-refractivity contribution in [1.82, 2.24) is 4.90 Å². The lowest BCUT2D eigenvalue weighted by Crippen LogP contribution is -2.47. The van der Waals surface area contributed by atoms with E-state index in [9.17, 15) is 9.59 Å². The lowest BCUT2D eigenvalue weighted by atomic mass is 9.49. The first-order valence-electron chi connectivity index (χ1n) is 12.4. The number of hydrogen-bond donors (Lipinski definition) is 0. The number of likely N-dealkylation sites (tertiary alicyclic amines) is 1. The van der Waals surface area contributed by atoms with Crippen LogP contribution in [-0.2, 0) is 19.0 Å². The summed E-state index contributed by atoms with van der Waals surface area (Å²) in [5.41, 5.74) is 0.190. The molecule has 4 aliphatic carbocycles. The molecule has 0 amide bonds. The van der Waals surface area contributed by atoms with Crippen LogP contribution in [0.25, 0.3) is 0 Å². The van der Waals surface area contributed by atoms with Crippen LogP contribution in [-0.4, -0.2) is 56.5 Å². The Morgan fingerprint density at radius 1 is 1.03 bits per heavy atom. The Hall–Kier alpha value is -1.30. The van der Waals surface area contributed by atoms with E-state index in [0.717, 1.165) is 50.2 Å². The third-order valence-corrected chi connectivity index (χ3v) is 8.09. The molecule has 1 aliphatic heterocycles. The second kappa shape index (κ2) is 10.1. The van der Waals surface area contributed by atoms with Crippen LogP contribution in [0.4, 0.5) is 4.79 Å². The summed E-state index contributed by atoms with van der Waals surface area (Å²) < 4.78 is 16.0. The van der Waals surface area contributed by atoms with Gasteiger partial charge in [-0.2, -0.15) is 0 Å². The Morgan fingerprint density at radius 2 is 1.68 bits per heavy atom. The van der Waals surface area contributed by atoms with Crippen molar-refractivity contribution >= 4 is 12.1 Å². The van der Waals surface area contributed by atoms with Gasteiger partial charge in [0.1, 0.15) is 6.61 Å². The second-order valence-electron chi connectivity index (χ2n) is 10.9. The van der Waals surface area contributed by atoms with E-state index in [4.69, 9.17) is 14.2 Å². The minimum Gasteiger partial charge on any atom is -0.465 e. The Bertz CT molecular complexity index is 600. The van der Waals surface area contributed by atoms with Gasteiger partial charge in [0.2, 0.25) is 0 Å². The van der Waals surface area contributed by atoms with Crippen LogP contribution in [0.5, 0.6) is 0 Å². The van der Waals surface area contributed by atoms with Gasteiger partial charge in [-0.15, -0.1) is 0 Å². The zero-order valence-electron chi connectivity index (χ0n) is 19.2. The molecule has 175 valence electrons. The Labute approximate surface area is 187 Å². The van der Waals surface area contributed by atoms with E-state index in [1.807, 2.05) is 0 Å². The molecule has 31 heavy (non-hydrogen) atoms. The predicted octanol–water partition coefficient (Wildman–Crippen LogP) is 4.47. The van der Waals surface area contributed by atoms with E-state index >= 15 is 0 Å². The van der Waals surface area contributed by atoms with Crippen molar-refractivity contribution in [2.75, 3.05) is 39.5 Å². The number of rotatable bonds is 9. The molecular formula is C25H40NO5. The van der Waals surface area contributed by atoms with Gasteiger partial charge in [-0.1, -0.05) is 6.92 Å². The summed E-state index contributed by atoms with van der Waals surface area (Å²) in [7, 11) is 0. The van der Waals surface area contributed by atoms with E-state index < -0.39 is 6.16 Å². The third-order valence-electron chi connectivity index (χ3n) is 8.09. The van der Waals surface area contributed by atoms with Gasteiger partial charge in [0.25, 0.3) is 0 Å². The summed E-state index contributed by atoms with van der Waals surface area (Å²) in [5, 5.41) is 0. The molecule has 0 spiro atoms. The van der Waals surface area contributed by atoms with Gasteiger partial charge in [-0.25, -0.2) is 4.79 Å². The highest BCUT2D eigenvalue weighted by molar-refractivity contribution is 5.70. The molecule has 6 heteroatoms. The van der Waals surface area contributed by atoms with Crippen molar-refractivity contribution in [1.29, 1.82) is 0 Å². The molecule has 5 rings (SSSR count). The van der Waals surface area contributed by atoms with E-state index in [2.05, 4.69) is 18.7 Å². The molecule has 0 aromatic rings. The van der Waals surface area contributed by atoms with Gasteiger partial charge in [0.15, 0.2) is 0 Å². The summed E-state index contributed by atoms with van der Waals surface area (Å²) in [6, 6.07) is 0. The van der Waals surface area contributed by atoms with Crippen LogP contribution in [0.2, 0.25) is 0 Å². The maximum Gasteiger partial charge on any atom is 0.508 e. The number of ether oxygens (including phenoxy) is 3. The summed E-state index contributed by atoms with van der Waals surface area (Å²) >= 11 is 0. The average Bonchev–Trinajstić information content (AvgIpc) is 2.73. The molecule has 6 nitrogen and oxygen atoms in total. The quantitative estimate of drug-likeness (QED) is 0.499. The maximum absolute atomic E-state index is 12.5. The largest absolute Gasteiger partial charge is 0.508 e. The summed E-state index contributed by atoms with van der Waals surface area (Å²) in [5.74, 6) is 2.48. The highest BCUT2D eigenvalue weighted by atomic mass is 16.7. The lowest BCUT2D eigenvalue weighted by Gasteiger charge is -2.56. The average molecular weight is 435 g/mol. The van der Waals surface area contributed by atoms with Crippen LogP contribution in [0.15, 0.2) is 0 Å². The van der Waals surface area contributed by atoms with E-state index in [-0.39, 0.29) is 30.5 Å². The van der Waals surface area contributed by atoms with Crippen LogP contribution in [0, 0.1) is 41.9 Å². The fourth-order valence-corrected chi connectivity index (χ4v) is 7.11. The first-order valence-corrected chi connectivity index (χ1v) is 12.4. The Morgan fingerprint density at radius 3 is 2.32 bits per heavy atom. The van der Waals surface area contributed by atoms with Gasteiger partial charge < -0.3 is 19.1 Å². The summed E-state index contributed by atoms with van der Waals surface area (Å²) in [6.07, 6.45) is 9.86. The molecule has 0 aromatic carbocycles. The van der Waals surface area contributed by atoms with Gasteiger partial charge in [-0.3, -0.25) is 4.79 Å². The van der Waals surface area contributed by atoms with Gasteiger partial charge >= 0.3 is 12.1 Å². The van der Waals surface area contributed by atoms with Crippen molar-refractivity contribution in [3.63, 3.8) is 0 Å². The molecule has 0 N–H and O–H groups in total. The number of carbonyl (C=O) groups excluding carboxylic acids is 2. The third kappa shape index (κ3) is 6.15. The molecule has 2 unspecified atom stereocenters. The number of esters is 1. The molecule has 4 saturated carbocycles. The SMILES string of the molecule is [CH2]C(COC(=O)CC12CC3CC(CC(C3)C1)C2)COC(=O)OCC1CCCN(CC)C1. The highest BCUT2D eigenvalue weighted by Crippen LogP contribution is 2.61. The maximum atomic E-state index is 12.5. The molecule has 1 radical (unpaired) electrons. The standard InChI is InChI=1S/C25H40NO5/c1-3-26-6-4-5-19(14-26)17-31-24(28)30-16-18(2)15-29-23(27)13-25-10-20-7-21(11-25)9-22(8-20)12-25/h18-22H,2-17H2,1H3. The topological polar surface area (TPSA) is 65.1 Å². The van der Waals surface area contributed by atoms with Crippen LogP contribution < -0.4 is 0 Å². The zero-order chi connectivity index (χ0) is 21.8. The van der Waals surface area contributed by atoms with E-state index in [1.54, 1.807) is 0 Å². The van der Waals surface area contributed by atoms with Gasteiger partial charge in [0, 0.05) is 18.4 Å². The first kappa shape index (κ1) is 22.9. The summed E-state index contributed by atoms with van der Waals surface area (Å²) in [4.78, 5) is 26.8. The van der Waals surface area contributed by atoms with Crippen LogP contribution in [0.1, 0.15) is 64.7 Å². The Kier molecular flexibility index (Phi) is 7.45. The van der Waals surface area contributed by atoms with Crippen molar-refractivity contribution < 1.29 is 23.8 Å². The molecule has 4 bridgehead atoms. The number of nitrogens with zero attached hydrogens (tertiary/aromatic N) is 1. The highest BCUT2D eigenvalue weighted by Gasteiger charge is 2.51. The van der Waals surface area contributed by atoms with Crippen molar-refractivity contribution in [3.8, 4) is 0 Å². The molecule has 1 saturated heterocycles. The van der Waals surface area contributed by atoms with E-state index in [1.165, 1.54) is 38.5 Å². The lowest BCUT2D eigenvalue weighted by molar-refractivity contribution is -0.153. The van der Waals surface area contributed by atoms with Crippen LogP contribution in [0.3, 0.4) is 0 Å². The predicted molar refractivity (Wildman–Crippen MR) is 117 cm³/mol.